The molecule has 0 aromatic carbocycles. The van der Waals surface area contributed by atoms with Crippen molar-refractivity contribution in [3.63, 3.8) is 0 Å². The Kier molecular flexibility index (Phi) is 8.83. The van der Waals surface area contributed by atoms with Gasteiger partial charge in [-0.25, -0.2) is 0 Å². The van der Waals surface area contributed by atoms with Gasteiger partial charge in [-0.15, -0.1) is 0 Å². The summed E-state index contributed by atoms with van der Waals surface area (Å²) in [6.07, 6.45) is 7.07. The number of unbranched alkanes of at least 4 members (excludes halogenated alkanes) is 6. The van der Waals surface area contributed by atoms with Crippen LogP contribution in [0.25, 0.3) is 0 Å². The molecule has 0 saturated carbocycles. The zero-order valence-corrected chi connectivity index (χ0v) is 11.6. The molecule has 1 atom stereocenters. The van der Waals surface area contributed by atoms with Crippen molar-refractivity contribution >= 4 is 22.2 Å². The molecule has 0 heterocycles. The molecule has 0 aromatic heterocycles. The van der Waals surface area contributed by atoms with Crippen molar-refractivity contribution in [3.05, 3.63) is 0 Å². The fourth-order valence-corrected chi connectivity index (χ4v) is 2.30. The van der Waals surface area contributed by atoms with Gasteiger partial charge in [-0.3, -0.25) is 9.35 Å². The summed E-state index contributed by atoms with van der Waals surface area (Å²) in [5, 5.41) is -1.91. The van der Waals surface area contributed by atoms with Crippen molar-refractivity contribution in [2.45, 2.75) is 63.5 Å². The molecule has 0 aromatic rings. The largest absolute Gasteiger partial charge is 0.301 e. The molecule has 0 rings (SSSR count). The summed E-state index contributed by atoms with van der Waals surface area (Å²) in [6.45, 7) is 2.13. The van der Waals surface area contributed by atoms with Crippen LogP contribution in [-0.4, -0.2) is 30.3 Å². The lowest BCUT2D eigenvalue weighted by Gasteiger charge is -2.05. The van der Waals surface area contributed by atoms with Crippen molar-refractivity contribution in [1.29, 1.82) is 0 Å². The molecule has 106 valence electrons. The molecular weight excluding hydrogens is 256 g/mol. The monoisotopic (exact) mass is 278 g/mol. The Bertz CT molecular complexity index is 347. The standard InChI is InChI=1S/C12H22O5S/c1-2-3-4-5-6-7-8-9-11(14)12(10-13)18(15,16)17/h10,12H,2-9H2,1H3,(H,15,16,17). The summed E-state index contributed by atoms with van der Waals surface area (Å²) < 4.78 is 30.1. The Balaban J connectivity index is 3.80. The van der Waals surface area contributed by atoms with Crippen molar-refractivity contribution in [2.75, 3.05) is 0 Å². The lowest BCUT2D eigenvalue weighted by atomic mass is 10.1. The van der Waals surface area contributed by atoms with E-state index in [9.17, 15) is 18.0 Å². The minimum atomic E-state index is -4.59. The third-order valence-corrected chi connectivity index (χ3v) is 3.80. The fourth-order valence-electron chi connectivity index (χ4n) is 1.71. The number of aldehydes is 1. The molecule has 0 spiro atoms. The summed E-state index contributed by atoms with van der Waals surface area (Å²) >= 11 is 0. The summed E-state index contributed by atoms with van der Waals surface area (Å²) in [5.41, 5.74) is 0. The van der Waals surface area contributed by atoms with Crippen molar-refractivity contribution in [2.24, 2.45) is 0 Å². The maximum atomic E-state index is 11.4. The second-order valence-electron chi connectivity index (χ2n) is 4.41. The second-order valence-corrected chi connectivity index (χ2v) is 5.95. The number of carbonyl (C=O) groups is 2. The summed E-state index contributed by atoms with van der Waals surface area (Å²) in [7, 11) is -4.59. The van der Waals surface area contributed by atoms with Crippen LogP contribution in [0.5, 0.6) is 0 Å². The van der Waals surface area contributed by atoms with Gasteiger partial charge in [-0.1, -0.05) is 45.4 Å². The molecular formula is C12H22O5S. The van der Waals surface area contributed by atoms with Gasteiger partial charge in [0.05, 0.1) is 0 Å². The average molecular weight is 278 g/mol. The number of hydrogen-bond donors (Lipinski definition) is 1. The van der Waals surface area contributed by atoms with Crippen molar-refractivity contribution in [1.82, 2.24) is 0 Å². The van der Waals surface area contributed by atoms with Crippen LogP contribution in [0.15, 0.2) is 0 Å². The minimum Gasteiger partial charge on any atom is -0.301 e. The van der Waals surface area contributed by atoms with E-state index in [0.717, 1.165) is 19.3 Å². The predicted octanol–water partition coefficient (Wildman–Crippen LogP) is 2.15. The fraction of sp³-hybridized carbons (Fsp3) is 0.833. The highest BCUT2D eigenvalue weighted by Gasteiger charge is 2.29. The quantitative estimate of drug-likeness (QED) is 0.271. The number of carbonyl (C=O) groups excluding carboxylic acids is 2. The van der Waals surface area contributed by atoms with Crippen LogP contribution in [-0.2, 0) is 19.7 Å². The lowest BCUT2D eigenvalue weighted by Crippen LogP contribution is -2.31. The Morgan fingerprint density at radius 2 is 1.61 bits per heavy atom. The molecule has 1 N–H and O–H groups in total. The zero-order valence-electron chi connectivity index (χ0n) is 10.8. The number of Topliss-reactive ketones (excluding diaryl/α,β-unsaturated/α-hetero) is 1. The van der Waals surface area contributed by atoms with E-state index in [2.05, 4.69) is 6.92 Å². The second kappa shape index (κ2) is 9.22. The molecule has 0 aliphatic carbocycles. The Morgan fingerprint density at radius 3 is 2.06 bits per heavy atom. The van der Waals surface area contributed by atoms with Crippen LogP contribution in [0.1, 0.15) is 58.3 Å². The van der Waals surface area contributed by atoms with Crippen molar-refractivity contribution in [3.8, 4) is 0 Å². The van der Waals surface area contributed by atoms with Crippen LogP contribution >= 0.6 is 0 Å². The van der Waals surface area contributed by atoms with Gasteiger partial charge < -0.3 is 4.79 Å². The molecule has 0 aliphatic rings. The van der Waals surface area contributed by atoms with E-state index in [4.69, 9.17) is 4.55 Å². The van der Waals surface area contributed by atoms with Gasteiger partial charge in [0.15, 0.2) is 11.0 Å². The van der Waals surface area contributed by atoms with E-state index in [0.29, 0.717) is 6.42 Å². The van der Waals surface area contributed by atoms with E-state index < -0.39 is 21.2 Å². The van der Waals surface area contributed by atoms with Crippen LogP contribution in [0.3, 0.4) is 0 Å². The molecule has 0 fully saturated rings. The van der Waals surface area contributed by atoms with Gasteiger partial charge in [-0.05, 0) is 6.42 Å². The lowest BCUT2D eigenvalue weighted by molar-refractivity contribution is -0.122. The number of hydrogen-bond acceptors (Lipinski definition) is 4. The minimum absolute atomic E-state index is 0.0150. The summed E-state index contributed by atoms with van der Waals surface area (Å²) in [4.78, 5) is 21.8. The van der Waals surface area contributed by atoms with Gasteiger partial charge in [0.25, 0.3) is 10.1 Å². The smallest absolute Gasteiger partial charge is 0.282 e. The van der Waals surface area contributed by atoms with E-state index in [1.54, 1.807) is 0 Å². The first kappa shape index (κ1) is 17.2. The molecule has 0 radical (unpaired) electrons. The normalized spacial score (nSPS) is 13.2. The average Bonchev–Trinajstić information content (AvgIpc) is 2.27. The molecule has 6 heteroatoms. The van der Waals surface area contributed by atoms with E-state index in [1.807, 2.05) is 0 Å². The topological polar surface area (TPSA) is 88.5 Å². The van der Waals surface area contributed by atoms with E-state index in [-0.39, 0.29) is 12.7 Å². The Hall–Kier alpha value is -0.750. The first-order chi connectivity index (χ1) is 8.43. The first-order valence-electron chi connectivity index (χ1n) is 6.37. The molecule has 0 amide bonds. The van der Waals surface area contributed by atoms with Gasteiger partial charge >= 0.3 is 0 Å². The number of rotatable bonds is 11. The van der Waals surface area contributed by atoms with Crippen LogP contribution in [0.4, 0.5) is 0 Å². The molecule has 0 saturated heterocycles. The third kappa shape index (κ3) is 7.55. The Labute approximate surface area is 109 Å². The van der Waals surface area contributed by atoms with Crippen LogP contribution in [0, 0.1) is 0 Å². The van der Waals surface area contributed by atoms with E-state index in [1.165, 1.54) is 19.3 Å². The van der Waals surface area contributed by atoms with Gasteiger partial charge in [-0.2, -0.15) is 8.42 Å². The van der Waals surface area contributed by atoms with Gasteiger partial charge in [0, 0.05) is 6.42 Å². The molecule has 5 nitrogen and oxygen atoms in total. The highest BCUT2D eigenvalue weighted by molar-refractivity contribution is 7.88. The van der Waals surface area contributed by atoms with Crippen molar-refractivity contribution < 1.29 is 22.6 Å². The van der Waals surface area contributed by atoms with Crippen LogP contribution in [0.2, 0.25) is 0 Å². The van der Waals surface area contributed by atoms with Gasteiger partial charge in [0.2, 0.25) is 0 Å². The Morgan fingerprint density at radius 1 is 1.11 bits per heavy atom. The van der Waals surface area contributed by atoms with E-state index >= 15 is 0 Å². The summed E-state index contributed by atoms with van der Waals surface area (Å²) in [5.74, 6) is -0.721. The van der Waals surface area contributed by atoms with Gasteiger partial charge in [0.1, 0.15) is 6.29 Å². The molecule has 0 aliphatic heterocycles. The van der Waals surface area contributed by atoms with Crippen LogP contribution < -0.4 is 0 Å². The maximum absolute atomic E-state index is 11.4. The molecule has 1 unspecified atom stereocenters. The summed E-state index contributed by atoms with van der Waals surface area (Å²) in [6, 6.07) is 0. The third-order valence-electron chi connectivity index (χ3n) is 2.79. The highest BCUT2D eigenvalue weighted by atomic mass is 32.2. The predicted molar refractivity (Wildman–Crippen MR) is 69.0 cm³/mol. The zero-order chi connectivity index (χ0) is 14.0. The highest BCUT2D eigenvalue weighted by Crippen LogP contribution is 2.10. The first-order valence-corrected chi connectivity index (χ1v) is 7.88. The molecule has 0 bridgehead atoms. The maximum Gasteiger partial charge on any atom is 0.282 e. The SMILES string of the molecule is CCCCCCCCCC(=O)C(C=O)S(=O)(=O)O. The molecule has 18 heavy (non-hydrogen) atoms. The number of ketones is 1.